The molecule has 1 aromatic heterocycles. The Morgan fingerprint density at radius 3 is 2.43 bits per heavy atom. The quantitative estimate of drug-likeness (QED) is 0.356. The topological polar surface area (TPSA) is 52.9 Å². The number of carbonyl (C=O) groups is 1. The Balaban J connectivity index is 0.00000320. The minimum Gasteiger partial charge on any atom is -0.357 e. The first-order valence-electron chi connectivity index (χ1n) is 10.6. The Bertz CT molecular complexity index is 824. The smallest absolute Gasteiger partial charge is 0.253 e. The van der Waals surface area contributed by atoms with E-state index in [9.17, 15) is 4.79 Å². The van der Waals surface area contributed by atoms with Gasteiger partial charge in [-0.1, -0.05) is 12.1 Å². The van der Waals surface area contributed by atoms with Crippen LogP contribution in [0.3, 0.4) is 0 Å². The van der Waals surface area contributed by atoms with E-state index in [1.807, 2.05) is 29.2 Å². The van der Waals surface area contributed by atoms with Crippen LogP contribution in [0.5, 0.6) is 0 Å². The molecule has 1 N–H and O–H groups in total. The molecule has 0 bridgehead atoms. The number of aryl methyl sites for hydroxylation is 1. The summed E-state index contributed by atoms with van der Waals surface area (Å²) in [5.74, 6) is 1.03. The van der Waals surface area contributed by atoms with E-state index in [0.717, 1.165) is 56.1 Å². The lowest BCUT2D eigenvalue weighted by atomic mass is 10.1. The van der Waals surface area contributed by atoms with Crippen LogP contribution in [0.1, 0.15) is 47.8 Å². The molecule has 1 amide bonds. The first-order valence-corrected chi connectivity index (χ1v) is 10.6. The van der Waals surface area contributed by atoms with Crippen molar-refractivity contribution in [1.29, 1.82) is 0 Å². The second-order valence-electron chi connectivity index (χ2n) is 7.69. The highest BCUT2D eigenvalue weighted by Crippen LogP contribution is 2.14. The van der Waals surface area contributed by atoms with Crippen molar-refractivity contribution in [3.63, 3.8) is 0 Å². The average Bonchev–Trinajstić information content (AvgIpc) is 3.16. The molecule has 1 aliphatic heterocycles. The number of guanidine groups is 1. The number of nitrogens with one attached hydrogen (secondary N) is 1. The summed E-state index contributed by atoms with van der Waals surface area (Å²) in [6.07, 6.45) is 5.51. The minimum atomic E-state index is 0. The third-order valence-electron chi connectivity index (χ3n) is 5.40. The van der Waals surface area contributed by atoms with Crippen molar-refractivity contribution in [1.82, 2.24) is 19.7 Å². The normalized spacial score (nSPS) is 14.2. The second kappa shape index (κ2) is 12.0. The van der Waals surface area contributed by atoms with E-state index in [1.165, 1.54) is 12.1 Å². The number of aliphatic imine (C=N–C) groups is 1. The van der Waals surface area contributed by atoms with E-state index in [2.05, 4.69) is 54.1 Å². The number of nitrogens with zero attached hydrogens (tertiary/aromatic N) is 4. The van der Waals surface area contributed by atoms with Crippen molar-refractivity contribution in [2.24, 2.45) is 12.0 Å². The summed E-state index contributed by atoms with van der Waals surface area (Å²) in [4.78, 5) is 21.5. The number of aromatic nitrogens is 1. The van der Waals surface area contributed by atoms with Gasteiger partial charge < -0.3 is 19.7 Å². The number of likely N-dealkylation sites (tertiary alicyclic amines) is 1. The van der Waals surface area contributed by atoms with E-state index in [-0.39, 0.29) is 29.9 Å². The lowest BCUT2D eigenvalue weighted by molar-refractivity contribution is 0.0724. The molecule has 0 saturated carbocycles. The summed E-state index contributed by atoms with van der Waals surface area (Å²) >= 11 is 0. The third kappa shape index (κ3) is 6.48. The van der Waals surface area contributed by atoms with Crippen LogP contribution in [0.2, 0.25) is 0 Å². The van der Waals surface area contributed by atoms with Crippen LogP contribution in [-0.4, -0.2) is 52.9 Å². The monoisotopic (exact) mass is 523 g/mol. The predicted molar refractivity (Wildman–Crippen MR) is 133 cm³/mol. The molecule has 0 radical (unpaired) electrons. The maximum atomic E-state index is 12.6. The Morgan fingerprint density at radius 1 is 1.13 bits per heavy atom. The molecule has 3 rings (SSSR count). The average molecular weight is 523 g/mol. The van der Waals surface area contributed by atoms with E-state index < -0.39 is 0 Å². The summed E-state index contributed by atoms with van der Waals surface area (Å²) < 4.78 is 2.12. The lowest BCUT2D eigenvalue weighted by Crippen LogP contribution is -2.38. The number of benzene rings is 1. The van der Waals surface area contributed by atoms with Gasteiger partial charge in [-0.3, -0.25) is 4.79 Å². The highest BCUT2D eigenvalue weighted by atomic mass is 127. The van der Waals surface area contributed by atoms with Gasteiger partial charge in [0.1, 0.15) is 0 Å². The van der Waals surface area contributed by atoms with Crippen molar-refractivity contribution < 1.29 is 4.79 Å². The van der Waals surface area contributed by atoms with Gasteiger partial charge in [-0.2, -0.15) is 0 Å². The van der Waals surface area contributed by atoms with Crippen LogP contribution >= 0.6 is 24.0 Å². The van der Waals surface area contributed by atoms with Gasteiger partial charge in [-0.05, 0) is 56.0 Å². The number of rotatable bonds is 6. The maximum Gasteiger partial charge on any atom is 0.253 e. The van der Waals surface area contributed by atoms with Crippen molar-refractivity contribution in [3.8, 4) is 0 Å². The van der Waals surface area contributed by atoms with Gasteiger partial charge in [0.05, 0.1) is 13.1 Å². The van der Waals surface area contributed by atoms with E-state index in [1.54, 1.807) is 0 Å². The molecule has 7 heteroatoms. The molecule has 6 nitrogen and oxygen atoms in total. The molecule has 164 valence electrons. The zero-order valence-corrected chi connectivity index (χ0v) is 20.6. The van der Waals surface area contributed by atoms with Crippen LogP contribution < -0.4 is 5.32 Å². The molecule has 1 fully saturated rings. The molecule has 0 unspecified atom stereocenters. The van der Waals surface area contributed by atoms with Crippen LogP contribution in [-0.2, 0) is 20.1 Å². The highest BCUT2D eigenvalue weighted by molar-refractivity contribution is 14.0. The summed E-state index contributed by atoms with van der Waals surface area (Å²) in [6.45, 7) is 6.03. The van der Waals surface area contributed by atoms with Crippen molar-refractivity contribution in [2.45, 2.75) is 39.3 Å². The molecule has 0 aliphatic carbocycles. The Hall–Kier alpha value is -2.03. The number of halogens is 1. The van der Waals surface area contributed by atoms with Crippen LogP contribution in [0.4, 0.5) is 0 Å². The van der Waals surface area contributed by atoms with Crippen LogP contribution in [0.15, 0.2) is 47.6 Å². The van der Waals surface area contributed by atoms with E-state index in [0.29, 0.717) is 6.54 Å². The maximum absolute atomic E-state index is 12.6. The second-order valence-corrected chi connectivity index (χ2v) is 7.69. The van der Waals surface area contributed by atoms with E-state index in [4.69, 9.17) is 4.99 Å². The van der Waals surface area contributed by atoms with Crippen LogP contribution in [0, 0.1) is 0 Å². The molecule has 1 aromatic carbocycles. The van der Waals surface area contributed by atoms with Gasteiger partial charge in [0, 0.05) is 51.2 Å². The standard InChI is InChI=1S/C23H33N5O.HI/c1-4-24-23(27(3)18-21-9-8-14-26(21)2)25-17-19-10-12-20(13-11-19)22(29)28-15-6-5-7-16-28;/h8-14H,4-7,15-18H2,1-3H3,(H,24,25);1H. The Morgan fingerprint density at radius 2 is 1.83 bits per heavy atom. The first kappa shape index (κ1) is 24.2. The summed E-state index contributed by atoms with van der Waals surface area (Å²) in [5, 5.41) is 3.36. The zero-order valence-electron chi connectivity index (χ0n) is 18.3. The molecule has 0 spiro atoms. The molecule has 1 aliphatic rings. The number of carbonyl (C=O) groups excluding carboxylic acids is 1. The highest BCUT2D eigenvalue weighted by Gasteiger charge is 2.17. The van der Waals surface area contributed by atoms with Gasteiger partial charge in [-0.25, -0.2) is 4.99 Å². The summed E-state index contributed by atoms with van der Waals surface area (Å²) in [6, 6.07) is 12.1. The largest absolute Gasteiger partial charge is 0.357 e. The SMILES string of the molecule is CCNC(=NCc1ccc(C(=O)N2CCCCC2)cc1)N(C)Cc1cccn1C.I. The fourth-order valence-corrected chi connectivity index (χ4v) is 3.65. The number of amides is 1. The molecule has 2 heterocycles. The Labute approximate surface area is 197 Å². The summed E-state index contributed by atoms with van der Waals surface area (Å²) in [5.41, 5.74) is 3.11. The first-order chi connectivity index (χ1) is 14.1. The molecule has 2 aromatic rings. The molecule has 1 saturated heterocycles. The molecular weight excluding hydrogens is 489 g/mol. The number of hydrogen-bond donors (Lipinski definition) is 1. The van der Waals surface area contributed by atoms with Gasteiger partial charge in [0.15, 0.2) is 5.96 Å². The predicted octanol–water partition coefficient (Wildman–Crippen LogP) is 3.87. The third-order valence-corrected chi connectivity index (χ3v) is 5.40. The van der Waals surface area contributed by atoms with Gasteiger partial charge in [0.2, 0.25) is 0 Å². The Kier molecular flexibility index (Phi) is 9.68. The fourth-order valence-electron chi connectivity index (χ4n) is 3.65. The fraction of sp³-hybridized carbons (Fsp3) is 0.478. The van der Waals surface area contributed by atoms with Crippen molar-refractivity contribution in [2.75, 3.05) is 26.7 Å². The minimum absolute atomic E-state index is 0. The zero-order chi connectivity index (χ0) is 20.6. The van der Waals surface area contributed by atoms with Gasteiger partial charge in [-0.15, -0.1) is 24.0 Å². The molecule has 30 heavy (non-hydrogen) atoms. The number of piperidine rings is 1. The van der Waals surface area contributed by atoms with Crippen LogP contribution in [0.25, 0.3) is 0 Å². The summed E-state index contributed by atoms with van der Waals surface area (Å²) in [7, 11) is 4.11. The lowest BCUT2D eigenvalue weighted by Gasteiger charge is -2.26. The van der Waals surface area contributed by atoms with Gasteiger partial charge in [0.25, 0.3) is 5.91 Å². The van der Waals surface area contributed by atoms with Crippen molar-refractivity contribution >= 4 is 35.8 Å². The number of hydrogen-bond acceptors (Lipinski definition) is 2. The van der Waals surface area contributed by atoms with E-state index >= 15 is 0 Å². The van der Waals surface area contributed by atoms with Gasteiger partial charge >= 0.3 is 0 Å². The van der Waals surface area contributed by atoms with Crippen molar-refractivity contribution in [3.05, 3.63) is 59.4 Å². The molecular formula is C23H34IN5O. The molecule has 0 atom stereocenters.